The number of amides is 1. The molecule has 1 N–H and O–H groups in total. The summed E-state index contributed by atoms with van der Waals surface area (Å²) in [6, 6.07) is 13.3. The van der Waals surface area contributed by atoms with Gasteiger partial charge in [0.05, 0.1) is 26.5 Å². The second-order valence-electron chi connectivity index (χ2n) is 6.21. The Hall–Kier alpha value is -1.73. The predicted octanol–water partition coefficient (Wildman–Crippen LogP) is 5.77. The van der Waals surface area contributed by atoms with Crippen LogP contribution in [-0.4, -0.2) is 26.4 Å². The Balaban J connectivity index is 1.59. The molecule has 0 saturated carbocycles. The Bertz CT molecular complexity index is 995. The highest BCUT2D eigenvalue weighted by molar-refractivity contribution is 7.99. The molecule has 0 unspecified atom stereocenters. The van der Waals surface area contributed by atoms with Crippen LogP contribution >= 0.6 is 46.6 Å². The number of carbonyl (C=O) groups is 1. The van der Waals surface area contributed by atoms with E-state index in [1.807, 2.05) is 29.7 Å². The van der Waals surface area contributed by atoms with Crippen molar-refractivity contribution in [3.63, 3.8) is 0 Å². The van der Waals surface area contributed by atoms with Crippen LogP contribution in [0.15, 0.2) is 47.6 Å². The molecule has 5 nitrogen and oxygen atoms in total. The molecule has 3 rings (SSSR count). The van der Waals surface area contributed by atoms with Crippen molar-refractivity contribution in [3.8, 4) is 0 Å². The number of benzene rings is 2. The first-order chi connectivity index (χ1) is 14.0. The second-order valence-corrected chi connectivity index (χ2v) is 8.38. The number of aromatic nitrogens is 3. The minimum Gasteiger partial charge on any atom is -0.324 e. The molecule has 3 aromatic rings. The first-order valence-electron chi connectivity index (χ1n) is 9.01. The molecular weight excluding hydrogens is 451 g/mol. The summed E-state index contributed by atoms with van der Waals surface area (Å²) < 4.78 is 2.03. The van der Waals surface area contributed by atoms with Gasteiger partial charge >= 0.3 is 0 Å². The molecular formula is C20H19Cl3N4OS. The van der Waals surface area contributed by atoms with Crippen molar-refractivity contribution in [1.29, 1.82) is 0 Å². The Labute approximate surface area is 188 Å². The molecule has 1 amide bonds. The molecule has 0 saturated heterocycles. The van der Waals surface area contributed by atoms with Crippen LogP contribution in [0.2, 0.25) is 15.1 Å². The van der Waals surface area contributed by atoms with E-state index in [2.05, 4.69) is 27.6 Å². The van der Waals surface area contributed by atoms with E-state index in [4.69, 9.17) is 34.8 Å². The van der Waals surface area contributed by atoms with E-state index in [1.54, 1.807) is 0 Å². The summed E-state index contributed by atoms with van der Waals surface area (Å²) in [6.07, 6.45) is 1.68. The lowest BCUT2D eigenvalue weighted by Gasteiger charge is -2.09. The van der Waals surface area contributed by atoms with E-state index < -0.39 is 0 Å². The summed E-state index contributed by atoms with van der Waals surface area (Å²) in [5, 5.41) is 13.0. The van der Waals surface area contributed by atoms with Gasteiger partial charge in [0.1, 0.15) is 5.82 Å². The van der Waals surface area contributed by atoms with Gasteiger partial charge < -0.3 is 9.88 Å². The average molecular weight is 470 g/mol. The number of hydrogen-bond acceptors (Lipinski definition) is 4. The number of thioether (sulfide) groups is 1. The van der Waals surface area contributed by atoms with E-state index in [1.165, 1.54) is 29.5 Å². The van der Waals surface area contributed by atoms with Crippen LogP contribution in [0.4, 0.5) is 5.69 Å². The maximum absolute atomic E-state index is 12.3. The molecule has 152 valence electrons. The summed E-state index contributed by atoms with van der Waals surface area (Å²) in [5.74, 6) is 0.867. The van der Waals surface area contributed by atoms with Crippen LogP contribution in [0.1, 0.15) is 18.3 Å². The van der Waals surface area contributed by atoms with Crippen molar-refractivity contribution in [2.24, 2.45) is 0 Å². The first kappa shape index (κ1) is 22.0. The fraction of sp³-hybridized carbons (Fsp3) is 0.250. The Morgan fingerprint density at radius 2 is 1.76 bits per heavy atom. The quantitative estimate of drug-likeness (QED) is 0.336. The molecule has 0 spiro atoms. The molecule has 0 atom stereocenters. The molecule has 0 radical (unpaired) electrons. The highest BCUT2D eigenvalue weighted by Crippen LogP contribution is 2.32. The van der Waals surface area contributed by atoms with Gasteiger partial charge in [-0.3, -0.25) is 4.79 Å². The third kappa shape index (κ3) is 5.89. The summed E-state index contributed by atoms with van der Waals surface area (Å²) in [5.41, 5.74) is 1.68. The number of aryl methyl sites for hydroxylation is 2. The van der Waals surface area contributed by atoms with Crippen molar-refractivity contribution in [1.82, 2.24) is 14.8 Å². The highest BCUT2D eigenvalue weighted by atomic mass is 35.5. The van der Waals surface area contributed by atoms with Gasteiger partial charge in [-0.25, -0.2) is 0 Å². The van der Waals surface area contributed by atoms with Gasteiger partial charge in [-0.1, -0.05) is 76.9 Å². The maximum atomic E-state index is 12.3. The summed E-state index contributed by atoms with van der Waals surface area (Å²) in [6.45, 7) is 2.77. The van der Waals surface area contributed by atoms with Crippen LogP contribution in [0, 0.1) is 0 Å². The molecule has 9 heteroatoms. The molecule has 0 aliphatic carbocycles. The van der Waals surface area contributed by atoms with Crippen LogP contribution in [0.3, 0.4) is 0 Å². The zero-order chi connectivity index (χ0) is 20.8. The maximum Gasteiger partial charge on any atom is 0.234 e. The Morgan fingerprint density at radius 1 is 1.03 bits per heavy atom. The third-order valence-corrected chi connectivity index (χ3v) is 6.21. The molecule has 0 aliphatic heterocycles. The minimum absolute atomic E-state index is 0.174. The molecule has 1 aromatic heterocycles. The van der Waals surface area contributed by atoms with Crippen molar-refractivity contribution in [2.75, 3.05) is 11.1 Å². The zero-order valence-corrected chi connectivity index (χ0v) is 18.7. The van der Waals surface area contributed by atoms with Crippen molar-refractivity contribution in [2.45, 2.75) is 31.5 Å². The lowest BCUT2D eigenvalue weighted by molar-refractivity contribution is -0.113. The van der Waals surface area contributed by atoms with Crippen molar-refractivity contribution < 1.29 is 4.79 Å². The third-order valence-electron chi connectivity index (χ3n) is 4.21. The second kappa shape index (κ2) is 10.3. The fourth-order valence-electron chi connectivity index (χ4n) is 2.76. The number of halogens is 3. The van der Waals surface area contributed by atoms with Gasteiger partial charge in [0.15, 0.2) is 5.16 Å². The van der Waals surface area contributed by atoms with Gasteiger partial charge in [-0.15, -0.1) is 10.2 Å². The highest BCUT2D eigenvalue weighted by Gasteiger charge is 2.14. The van der Waals surface area contributed by atoms with Crippen molar-refractivity contribution >= 4 is 58.2 Å². The van der Waals surface area contributed by atoms with Crippen LogP contribution in [-0.2, 0) is 24.2 Å². The number of anilines is 1. The summed E-state index contributed by atoms with van der Waals surface area (Å²) in [4.78, 5) is 12.3. The van der Waals surface area contributed by atoms with Crippen LogP contribution in [0.5, 0.6) is 0 Å². The first-order valence-corrected chi connectivity index (χ1v) is 11.1. The van der Waals surface area contributed by atoms with E-state index in [0.29, 0.717) is 25.9 Å². The molecule has 1 heterocycles. The average Bonchev–Trinajstić information content (AvgIpc) is 3.11. The van der Waals surface area contributed by atoms with Gasteiger partial charge in [0.2, 0.25) is 5.91 Å². The van der Waals surface area contributed by atoms with Gasteiger partial charge in [-0.2, -0.15) is 0 Å². The molecule has 0 bridgehead atoms. The number of hydrogen-bond donors (Lipinski definition) is 1. The zero-order valence-electron chi connectivity index (χ0n) is 15.7. The fourth-order valence-corrected chi connectivity index (χ4v) is 4.18. The smallest absolute Gasteiger partial charge is 0.234 e. The van der Waals surface area contributed by atoms with Crippen LogP contribution < -0.4 is 5.32 Å². The van der Waals surface area contributed by atoms with Crippen molar-refractivity contribution in [3.05, 3.63) is 68.9 Å². The van der Waals surface area contributed by atoms with E-state index in [9.17, 15) is 4.79 Å². The lowest BCUT2D eigenvalue weighted by atomic mass is 10.1. The SMILES string of the molecule is CCn1c(CCc2ccccc2)nnc1SCC(=O)Nc1cc(Cl)c(Cl)cc1Cl. The van der Waals surface area contributed by atoms with Gasteiger partial charge in [0, 0.05) is 13.0 Å². The summed E-state index contributed by atoms with van der Waals surface area (Å²) in [7, 11) is 0. The normalized spacial score (nSPS) is 10.9. The lowest BCUT2D eigenvalue weighted by Crippen LogP contribution is -2.15. The van der Waals surface area contributed by atoms with Gasteiger partial charge in [-0.05, 0) is 31.0 Å². The molecule has 0 fully saturated rings. The number of rotatable bonds is 8. The summed E-state index contributed by atoms with van der Waals surface area (Å²) >= 11 is 19.3. The molecule has 2 aromatic carbocycles. The Morgan fingerprint density at radius 3 is 2.48 bits per heavy atom. The number of nitrogens with zero attached hydrogens (tertiary/aromatic N) is 3. The van der Waals surface area contributed by atoms with E-state index >= 15 is 0 Å². The van der Waals surface area contributed by atoms with E-state index in [-0.39, 0.29) is 11.7 Å². The number of nitrogens with one attached hydrogen (secondary N) is 1. The van der Waals surface area contributed by atoms with E-state index in [0.717, 1.165) is 25.2 Å². The standard InChI is InChI=1S/C20H19Cl3N4OS/c1-2-27-18(9-8-13-6-4-3-5-7-13)25-26-20(27)29-12-19(28)24-17-11-15(22)14(21)10-16(17)23/h3-7,10-11H,2,8-9,12H2,1H3,(H,24,28). The minimum atomic E-state index is -0.216. The largest absolute Gasteiger partial charge is 0.324 e. The topological polar surface area (TPSA) is 59.8 Å². The predicted molar refractivity (Wildman–Crippen MR) is 120 cm³/mol. The molecule has 29 heavy (non-hydrogen) atoms. The number of carbonyl (C=O) groups excluding carboxylic acids is 1. The van der Waals surface area contributed by atoms with Crippen LogP contribution in [0.25, 0.3) is 0 Å². The Kier molecular flexibility index (Phi) is 7.84. The van der Waals surface area contributed by atoms with Gasteiger partial charge in [0.25, 0.3) is 0 Å². The monoisotopic (exact) mass is 468 g/mol. The molecule has 0 aliphatic rings.